The highest BCUT2D eigenvalue weighted by Crippen LogP contribution is 2.42. The van der Waals surface area contributed by atoms with Gasteiger partial charge in [-0.15, -0.1) is 0 Å². The predicted molar refractivity (Wildman–Crippen MR) is 128 cm³/mol. The molecule has 1 unspecified atom stereocenters. The molecule has 3 heterocycles. The number of fused-ring (bicyclic) bond motifs is 1. The van der Waals surface area contributed by atoms with Crippen LogP contribution in [-0.4, -0.2) is 83.3 Å². The highest BCUT2D eigenvalue weighted by molar-refractivity contribution is 5.88. The molecule has 2 fully saturated rings. The first kappa shape index (κ1) is 30.2. The smallest absolute Gasteiger partial charge is 0.410 e. The number of hydrogen-bond acceptors (Lipinski definition) is 7. The molecule has 39 heavy (non-hydrogen) atoms. The van der Waals surface area contributed by atoms with Crippen molar-refractivity contribution in [3.8, 4) is 0 Å². The standard InChI is InChI=1S/C18H25F3N4O.C6H8O7/c1-11-9-15(18(19,20)21)25-16(22-11)10-13(23-25)14-7-4-8-24(14)17(26)12-5-2-3-6-12;7-3(8)1-6(13,5(11)12)2-4(9)10/h10-12,14-15,22H,2-9H2,1H3;13H,1-2H2,(H,7,8)(H,9,10)(H,11,12)/t11-,14?,15-;/m1./s1. The molecule has 0 aromatic carbocycles. The third-order valence-electron chi connectivity index (χ3n) is 7.27. The van der Waals surface area contributed by atoms with Gasteiger partial charge in [0, 0.05) is 24.6 Å². The molecule has 1 amide bonds. The molecule has 3 aliphatic rings. The lowest BCUT2D eigenvalue weighted by Crippen LogP contribution is -2.42. The number of carboxylic acids is 3. The molecule has 4 rings (SSSR count). The van der Waals surface area contributed by atoms with Crippen LogP contribution in [0.4, 0.5) is 19.0 Å². The molecule has 1 saturated carbocycles. The van der Waals surface area contributed by atoms with Gasteiger partial charge in [-0.05, 0) is 39.0 Å². The summed E-state index contributed by atoms with van der Waals surface area (Å²) in [7, 11) is 0. The van der Waals surface area contributed by atoms with E-state index in [2.05, 4.69) is 10.4 Å². The minimum Gasteiger partial charge on any atom is -0.481 e. The lowest BCUT2D eigenvalue weighted by molar-refractivity contribution is -0.173. The van der Waals surface area contributed by atoms with E-state index in [-0.39, 0.29) is 30.3 Å². The van der Waals surface area contributed by atoms with Crippen LogP contribution in [0.15, 0.2) is 6.07 Å². The second-order valence-corrected chi connectivity index (χ2v) is 10.4. The van der Waals surface area contributed by atoms with E-state index in [9.17, 15) is 32.3 Å². The second-order valence-electron chi connectivity index (χ2n) is 10.4. The van der Waals surface area contributed by atoms with Crippen LogP contribution in [-0.2, 0) is 19.2 Å². The number of hydrogen-bond donors (Lipinski definition) is 5. The summed E-state index contributed by atoms with van der Waals surface area (Å²) in [6.45, 7) is 2.43. The Labute approximate surface area is 221 Å². The molecule has 5 N–H and O–H groups in total. The molecular formula is C24H33F3N4O8. The van der Waals surface area contributed by atoms with Gasteiger partial charge in [-0.3, -0.25) is 14.4 Å². The summed E-state index contributed by atoms with van der Waals surface area (Å²) in [6, 6.07) is -0.368. The molecule has 3 atom stereocenters. The summed E-state index contributed by atoms with van der Waals surface area (Å²) in [6.07, 6.45) is -0.988. The number of aliphatic carboxylic acids is 3. The van der Waals surface area contributed by atoms with Crippen LogP contribution in [0.25, 0.3) is 0 Å². The van der Waals surface area contributed by atoms with Crippen molar-refractivity contribution in [2.75, 3.05) is 11.9 Å². The van der Waals surface area contributed by atoms with Crippen LogP contribution in [0.5, 0.6) is 0 Å². The van der Waals surface area contributed by atoms with Gasteiger partial charge in [0.15, 0.2) is 11.6 Å². The number of carbonyl (C=O) groups is 4. The Balaban J connectivity index is 0.000000276. The number of nitrogens with one attached hydrogen (secondary N) is 1. The number of anilines is 1. The Morgan fingerprint density at radius 2 is 1.62 bits per heavy atom. The lowest BCUT2D eigenvalue weighted by atomic mass is 9.96. The fraction of sp³-hybridized carbons (Fsp3) is 0.708. The number of halogens is 3. The first-order chi connectivity index (χ1) is 18.1. The molecular weight excluding hydrogens is 529 g/mol. The van der Waals surface area contributed by atoms with Crippen molar-refractivity contribution in [3.63, 3.8) is 0 Å². The van der Waals surface area contributed by atoms with Gasteiger partial charge in [-0.1, -0.05) is 12.8 Å². The van der Waals surface area contributed by atoms with E-state index >= 15 is 0 Å². The van der Waals surface area contributed by atoms with Crippen molar-refractivity contribution < 1.29 is 52.8 Å². The topological polar surface area (TPSA) is 182 Å². The molecule has 12 nitrogen and oxygen atoms in total. The monoisotopic (exact) mass is 562 g/mol. The molecule has 0 spiro atoms. The normalized spacial score (nSPS) is 23.4. The van der Waals surface area contributed by atoms with Crippen LogP contribution in [0.3, 0.4) is 0 Å². The maximum atomic E-state index is 13.4. The molecule has 1 saturated heterocycles. The molecule has 1 aromatic heterocycles. The fourth-order valence-corrected chi connectivity index (χ4v) is 5.40. The third kappa shape index (κ3) is 7.19. The highest BCUT2D eigenvalue weighted by atomic mass is 19.4. The van der Waals surface area contributed by atoms with Crippen molar-refractivity contribution in [1.82, 2.24) is 14.7 Å². The van der Waals surface area contributed by atoms with E-state index in [4.69, 9.17) is 20.4 Å². The van der Waals surface area contributed by atoms with Gasteiger partial charge in [0.25, 0.3) is 0 Å². The largest absolute Gasteiger partial charge is 0.481 e. The van der Waals surface area contributed by atoms with Crippen LogP contribution < -0.4 is 5.32 Å². The average molecular weight is 563 g/mol. The Bertz CT molecular complexity index is 1070. The average Bonchev–Trinajstić information content (AvgIpc) is 3.56. The van der Waals surface area contributed by atoms with Gasteiger partial charge in [-0.25, -0.2) is 9.48 Å². The van der Waals surface area contributed by atoms with Gasteiger partial charge in [0.05, 0.1) is 24.6 Å². The van der Waals surface area contributed by atoms with Crippen molar-refractivity contribution >= 4 is 29.6 Å². The summed E-state index contributed by atoms with van der Waals surface area (Å²) < 4.78 is 41.4. The van der Waals surface area contributed by atoms with Crippen molar-refractivity contribution in [1.29, 1.82) is 0 Å². The zero-order valence-electron chi connectivity index (χ0n) is 21.4. The molecule has 218 valence electrons. The number of aliphatic hydroxyl groups is 1. The quantitative estimate of drug-likeness (QED) is 0.331. The molecule has 0 bridgehead atoms. The Kier molecular flexibility index (Phi) is 9.13. The fourth-order valence-electron chi connectivity index (χ4n) is 5.40. The van der Waals surface area contributed by atoms with Gasteiger partial charge in [-0.2, -0.15) is 18.3 Å². The summed E-state index contributed by atoms with van der Waals surface area (Å²) >= 11 is 0. The van der Waals surface area contributed by atoms with E-state index in [1.807, 2.05) is 4.90 Å². The molecule has 1 aromatic rings. The van der Waals surface area contributed by atoms with Crippen LogP contribution in [0.1, 0.15) is 82.5 Å². The number of carbonyl (C=O) groups excluding carboxylic acids is 1. The van der Waals surface area contributed by atoms with Crippen LogP contribution in [0.2, 0.25) is 0 Å². The van der Waals surface area contributed by atoms with Crippen molar-refractivity contribution in [2.45, 2.75) is 94.6 Å². The lowest BCUT2D eigenvalue weighted by Gasteiger charge is -2.31. The number of rotatable bonds is 7. The van der Waals surface area contributed by atoms with Gasteiger partial charge >= 0.3 is 24.1 Å². The summed E-state index contributed by atoms with van der Waals surface area (Å²) in [5.74, 6) is -4.38. The SMILES string of the molecule is C[C@@H]1C[C@H](C(F)(F)F)n2nc(C3CCCN3C(=O)C3CCCC3)cc2N1.O=C(O)CC(O)(CC(=O)O)C(=O)O. The zero-order chi connectivity index (χ0) is 29.1. The summed E-state index contributed by atoms with van der Waals surface area (Å²) in [5, 5.41) is 41.2. The predicted octanol–water partition coefficient (Wildman–Crippen LogP) is 2.80. The first-order valence-electron chi connectivity index (χ1n) is 12.7. The van der Waals surface area contributed by atoms with Crippen molar-refractivity contribution in [2.24, 2.45) is 5.92 Å². The molecule has 2 aliphatic heterocycles. The van der Waals surface area contributed by atoms with Crippen molar-refractivity contribution in [3.05, 3.63) is 11.8 Å². The second kappa shape index (κ2) is 11.8. The van der Waals surface area contributed by atoms with Crippen LogP contribution >= 0.6 is 0 Å². The van der Waals surface area contributed by atoms with E-state index in [0.717, 1.165) is 43.2 Å². The number of aromatic nitrogens is 2. The number of alkyl halides is 3. The molecule has 15 heteroatoms. The minimum atomic E-state index is -4.33. The van der Waals surface area contributed by atoms with E-state index < -0.39 is 48.6 Å². The van der Waals surface area contributed by atoms with Gasteiger partial charge in [0.1, 0.15) is 5.82 Å². The Morgan fingerprint density at radius 1 is 1.03 bits per heavy atom. The van der Waals surface area contributed by atoms with E-state index in [0.29, 0.717) is 18.1 Å². The minimum absolute atomic E-state index is 0.0347. The number of amides is 1. The number of nitrogens with zero attached hydrogens (tertiary/aromatic N) is 3. The Morgan fingerprint density at radius 3 is 2.13 bits per heavy atom. The molecule has 1 aliphatic carbocycles. The van der Waals surface area contributed by atoms with Gasteiger partial charge in [0.2, 0.25) is 5.91 Å². The first-order valence-corrected chi connectivity index (χ1v) is 12.7. The summed E-state index contributed by atoms with van der Waals surface area (Å²) in [5.41, 5.74) is -2.16. The zero-order valence-corrected chi connectivity index (χ0v) is 21.4. The highest BCUT2D eigenvalue weighted by Gasteiger charge is 2.46. The van der Waals surface area contributed by atoms with Crippen LogP contribution in [0, 0.1) is 5.92 Å². The summed E-state index contributed by atoms with van der Waals surface area (Å²) in [4.78, 5) is 45.2. The third-order valence-corrected chi connectivity index (χ3v) is 7.27. The maximum Gasteiger partial charge on any atom is 0.410 e. The van der Waals surface area contributed by atoms with E-state index in [1.165, 1.54) is 0 Å². The maximum absolute atomic E-state index is 13.4. The van der Waals surface area contributed by atoms with Gasteiger partial charge < -0.3 is 30.6 Å². The number of likely N-dealkylation sites (tertiary alicyclic amines) is 1. The Hall–Kier alpha value is -3.36. The van der Waals surface area contributed by atoms with E-state index in [1.54, 1.807) is 13.0 Å². The number of carboxylic acid groups (broad SMARTS) is 3. The molecule has 0 radical (unpaired) electrons.